The third-order valence-corrected chi connectivity index (χ3v) is 2.86. The molecule has 0 atom stereocenters. The highest BCUT2D eigenvalue weighted by Gasteiger charge is 2.09. The summed E-state index contributed by atoms with van der Waals surface area (Å²) in [6.45, 7) is 5.99. The molecule has 0 saturated carbocycles. The monoisotopic (exact) mass is 208 g/mol. The molecule has 16 heavy (non-hydrogen) atoms. The van der Waals surface area contributed by atoms with Crippen LogP contribution in [0.25, 0.3) is 27.5 Å². The lowest BCUT2D eigenvalue weighted by Gasteiger charge is -1.99. The number of hydrogen-bond acceptors (Lipinski definition) is 1. The molecule has 0 N–H and O–H groups in total. The summed E-state index contributed by atoms with van der Waals surface area (Å²) >= 11 is 0. The predicted molar refractivity (Wildman–Crippen MR) is 68.4 cm³/mol. The van der Waals surface area contributed by atoms with Crippen LogP contribution in [0.1, 0.15) is 12.5 Å². The maximum Gasteiger partial charge on any atom is 0.142 e. The average molecular weight is 208 g/mol. The van der Waals surface area contributed by atoms with Crippen LogP contribution in [-0.4, -0.2) is 0 Å². The third-order valence-electron chi connectivity index (χ3n) is 2.86. The molecule has 78 valence electrons. The van der Waals surface area contributed by atoms with Crippen molar-refractivity contribution < 1.29 is 4.42 Å². The fourth-order valence-electron chi connectivity index (χ4n) is 2.08. The second kappa shape index (κ2) is 3.24. The van der Waals surface area contributed by atoms with Gasteiger partial charge in [0.15, 0.2) is 0 Å². The highest BCUT2D eigenvalue weighted by molar-refractivity contribution is 6.07. The van der Waals surface area contributed by atoms with Crippen molar-refractivity contribution in [2.24, 2.45) is 0 Å². The Morgan fingerprint density at radius 2 is 1.75 bits per heavy atom. The van der Waals surface area contributed by atoms with Gasteiger partial charge >= 0.3 is 0 Å². The van der Waals surface area contributed by atoms with E-state index in [4.69, 9.17) is 4.42 Å². The highest BCUT2D eigenvalue weighted by Crippen LogP contribution is 2.32. The van der Waals surface area contributed by atoms with Gasteiger partial charge in [-0.15, -0.1) is 0 Å². The van der Waals surface area contributed by atoms with Crippen LogP contribution >= 0.6 is 0 Å². The average Bonchev–Trinajstić information content (AvgIpc) is 2.67. The van der Waals surface area contributed by atoms with Gasteiger partial charge in [0.2, 0.25) is 0 Å². The van der Waals surface area contributed by atoms with Gasteiger partial charge in [-0.25, -0.2) is 0 Å². The fraction of sp³-hybridized carbons (Fsp3) is 0.0667. The molecule has 3 rings (SSSR count). The number of furan rings is 1. The number of benzene rings is 2. The molecule has 0 spiro atoms. The van der Waals surface area contributed by atoms with E-state index in [1.54, 1.807) is 0 Å². The molecule has 0 radical (unpaired) electrons. The fourth-order valence-corrected chi connectivity index (χ4v) is 2.08. The molecule has 2 aromatic carbocycles. The van der Waals surface area contributed by atoms with E-state index in [9.17, 15) is 0 Å². The maximum absolute atomic E-state index is 5.88. The summed E-state index contributed by atoms with van der Waals surface area (Å²) in [5, 5.41) is 2.33. The topological polar surface area (TPSA) is 13.1 Å². The van der Waals surface area contributed by atoms with Crippen molar-refractivity contribution in [3.63, 3.8) is 0 Å². The van der Waals surface area contributed by atoms with E-state index in [1.807, 2.05) is 37.3 Å². The number of rotatable bonds is 1. The standard InChI is InChI=1S/C15H12O/c1-10(2)11-7-5-8-13-12-6-3-4-9-14(12)16-15(11)13/h3-9H,1H2,2H3. The van der Waals surface area contributed by atoms with Gasteiger partial charge in [0.25, 0.3) is 0 Å². The smallest absolute Gasteiger partial charge is 0.142 e. The number of fused-ring (bicyclic) bond motifs is 3. The Morgan fingerprint density at radius 1 is 1.00 bits per heavy atom. The summed E-state index contributed by atoms with van der Waals surface area (Å²) in [4.78, 5) is 0. The minimum absolute atomic E-state index is 0.936. The van der Waals surface area contributed by atoms with Gasteiger partial charge in [0.05, 0.1) is 0 Å². The zero-order chi connectivity index (χ0) is 11.1. The lowest BCUT2D eigenvalue weighted by atomic mass is 10.1. The van der Waals surface area contributed by atoms with Crippen LogP contribution in [0.4, 0.5) is 0 Å². The summed E-state index contributed by atoms with van der Waals surface area (Å²) in [7, 11) is 0. The molecule has 0 bridgehead atoms. The van der Waals surface area contributed by atoms with E-state index in [1.165, 1.54) is 5.39 Å². The number of hydrogen-bond donors (Lipinski definition) is 0. The van der Waals surface area contributed by atoms with Crippen LogP contribution in [-0.2, 0) is 0 Å². The van der Waals surface area contributed by atoms with Crippen LogP contribution in [0, 0.1) is 0 Å². The minimum atomic E-state index is 0.936. The van der Waals surface area contributed by atoms with Crippen molar-refractivity contribution in [3.05, 3.63) is 54.6 Å². The number of allylic oxidation sites excluding steroid dienone is 1. The van der Waals surface area contributed by atoms with Crippen molar-refractivity contribution in [1.29, 1.82) is 0 Å². The molecule has 0 saturated heterocycles. The van der Waals surface area contributed by atoms with E-state index in [0.29, 0.717) is 0 Å². The molecule has 3 aromatic rings. The van der Waals surface area contributed by atoms with E-state index in [0.717, 1.165) is 27.7 Å². The van der Waals surface area contributed by atoms with E-state index < -0.39 is 0 Å². The van der Waals surface area contributed by atoms with E-state index >= 15 is 0 Å². The lowest BCUT2D eigenvalue weighted by Crippen LogP contribution is -1.77. The molecule has 1 aromatic heterocycles. The van der Waals surface area contributed by atoms with Crippen molar-refractivity contribution in [2.45, 2.75) is 6.92 Å². The van der Waals surface area contributed by atoms with Crippen LogP contribution in [0.15, 0.2) is 53.5 Å². The van der Waals surface area contributed by atoms with Crippen molar-refractivity contribution in [2.75, 3.05) is 0 Å². The van der Waals surface area contributed by atoms with Gasteiger partial charge in [0, 0.05) is 16.3 Å². The predicted octanol–water partition coefficient (Wildman–Crippen LogP) is 4.62. The van der Waals surface area contributed by atoms with Crippen LogP contribution < -0.4 is 0 Å². The molecule has 1 nitrogen and oxygen atoms in total. The van der Waals surface area contributed by atoms with Crippen molar-refractivity contribution in [1.82, 2.24) is 0 Å². The Balaban J connectivity index is 2.54. The quantitative estimate of drug-likeness (QED) is 0.568. The van der Waals surface area contributed by atoms with Crippen LogP contribution in [0.2, 0.25) is 0 Å². The summed E-state index contributed by atoms with van der Waals surface area (Å²) in [5.74, 6) is 0. The Hall–Kier alpha value is -2.02. The van der Waals surface area contributed by atoms with Gasteiger partial charge in [-0.3, -0.25) is 0 Å². The lowest BCUT2D eigenvalue weighted by molar-refractivity contribution is 0.667. The second-order valence-electron chi connectivity index (χ2n) is 4.06. The molecule has 0 aliphatic rings. The maximum atomic E-state index is 5.88. The summed E-state index contributed by atoms with van der Waals surface area (Å²) in [6, 6.07) is 14.3. The largest absolute Gasteiger partial charge is 0.455 e. The Labute approximate surface area is 94.0 Å². The molecule has 1 heterocycles. The normalized spacial score (nSPS) is 11.1. The minimum Gasteiger partial charge on any atom is -0.455 e. The summed E-state index contributed by atoms with van der Waals surface area (Å²) in [6.07, 6.45) is 0. The van der Waals surface area contributed by atoms with Gasteiger partial charge in [-0.1, -0.05) is 43.0 Å². The Kier molecular flexibility index (Phi) is 1.87. The first-order valence-electron chi connectivity index (χ1n) is 5.33. The molecule has 1 heteroatoms. The van der Waals surface area contributed by atoms with Gasteiger partial charge < -0.3 is 4.42 Å². The van der Waals surface area contributed by atoms with Crippen molar-refractivity contribution in [3.8, 4) is 0 Å². The van der Waals surface area contributed by atoms with E-state index in [-0.39, 0.29) is 0 Å². The molecule has 0 aliphatic heterocycles. The first-order valence-corrected chi connectivity index (χ1v) is 5.33. The molecule has 0 unspecified atom stereocenters. The van der Waals surface area contributed by atoms with Gasteiger partial charge in [0.1, 0.15) is 11.2 Å². The first kappa shape index (κ1) is 9.22. The zero-order valence-corrected chi connectivity index (χ0v) is 9.16. The SMILES string of the molecule is C=C(C)c1cccc2c1oc1ccccc12. The molecule has 0 aliphatic carbocycles. The Morgan fingerprint density at radius 3 is 2.56 bits per heavy atom. The summed E-state index contributed by atoms with van der Waals surface area (Å²) in [5.41, 5.74) is 4.00. The van der Waals surface area contributed by atoms with Gasteiger partial charge in [-0.05, 0) is 18.6 Å². The zero-order valence-electron chi connectivity index (χ0n) is 9.16. The first-order chi connectivity index (χ1) is 7.77. The molecule has 0 amide bonds. The molecule has 0 fully saturated rings. The summed E-state index contributed by atoms with van der Waals surface area (Å²) < 4.78 is 5.88. The van der Waals surface area contributed by atoms with Crippen LogP contribution in [0.3, 0.4) is 0 Å². The molecular formula is C15H12O. The highest BCUT2D eigenvalue weighted by atomic mass is 16.3. The Bertz CT molecular complexity index is 689. The van der Waals surface area contributed by atoms with Gasteiger partial charge in [-0.2, -0.15) is 0 Å². The third kappa shape index (κ3) is 1.18. The van der Waals surface area contributed by atoms with Crippen LogP contribution in [0.5, 0.6) is 0 Å². The second-order valence-corrected chi connectivity index (χ2v) is 4.06. The van der Waals surface area contributed by atoms with Crippen molar-refractivity contribution >= 4 is 27.5 Å². The van der Waals surface area contributed by atoms with E-state index in [2.05, 4.69) is 18.7 Å². The molecular weight excluding hydrogens is 196 g/mol. The number of para-hydroxylation sites is 2.